The molecule has 0 aromatic heterocycles. The Morgan fingerprint density at radius 2 is 1.81 bits per heavy atom. The molecule has 31 heavy (non-hydrogen) atoms. The highest BCUT2D eigenvalue weighted by Gasteiger charge is 2.12. The van der Waals surface area contributed by atoms with E-state index >= 15 is 0 Å². The molecule has 0 saturated heterocycles. The van der Waals surface area contributed by atoms with Crippen LogP contribution in [0.25, 0.3) is 0 Å². The lowest BCUT2D eigenvalue weighted by atomic mass is 10.1. The first kappa shape index (κ1) is 24.2. The minimum atomic E-state index is -0.322. The van der Waals surface area contributed by atoms with Crippen molar-refractivity contribution >= 4 is 11.9 Å². The average molecular weight is 429 g/mol. The van der Waals surface area contributed by atoms with Crippen molar-refractivity contribution in [3.05, 3.63) is 65.5 Å². The molecule has 1 amide bonds. The Hall–Kier alpha value is -3.09. The molecule has 7 heteroatoms. The van der Waals surface area contributed by atoms with Gasteiger partial charge in [0.25, 0.3) is 5.91 Å². The number of ether oxygens (including phenoxy) is 1. The fourth-order valence-electron chi connectivity index (χ4n) is 3.01. The van der Waals surface area contributed by atoms with Gasteiger partial charge in [-0.3, -0.25) is 4.79 Å². The summed E-state index contributed by atoms with van der Waals surface area (Å²) in [5.74, 6) is 0.885. The summed E-state index contributed by atoms with van der Waals surface area (Å²) in [4.78, 5) is 18.8. The first-order valence-corrected chi connectivity index (χ1v) is 10.8. The number of guanidine groups is 1. The third kappa shape index (κ3) is 7.92. The Balaban J connectivity index is 1.92. The van der Waals surface area contributed by atoms with Crippen LogP contribution >= 0.6 is 0 Å². The van der Waals surface area contributed by atoms with Crippen molar-refractivity contribution in [1.82, 2.24) is 15.5 Å². The van der Waals surface area contributed by atoms with Gasteiger partial charge in [0, 0.05) is 31.3 Å². The van der Waals surface area contributed by atoms with Gasteiger partial charge in [-0.15, -0.1) is 0 Å². The standard InChI is InChI=1S/C24H33FN4O2/c1-5-26-24(27-16-18(4)31-22-10-8-9-21(25)15-22)28-17-19-11-13-20(14-12-19)23(30)29(6-2)7-3/h8-15,18H,5-7,16-17H2,1-4H3,(H2,26,27,28). The maximum atomic E-state index is 13.3. The number of hydrogen-bond acceptors (Lipinski definition) is 3. The Bertz CT molecular complexity index is 851. The van der Waals surface area contributed by atoms with Crippen molar-refractivity contribution in [3.63, 3.8) is 0 Å². The Kier molecular flexibility index (Phi) is 9.81. The fraction of sp³-hybridized carbons (Fsp3) is 0.417. The van der Waals surface area contributed by atoms with Gasteiger partial charge in [0.2, 0.25) is 0 Å². The summed E-state index contributed by atoms with van der Waals surface area (Å²) in [6.45, 7) is 11.0. The van der Waals surface area contributed by atoms with Crippen molar-refractivity contribution in [2.75, 3.05) is 26.2 Å². The van der Waals surface area contributed by atoms with E-state index in [0.717, 1.165) is 12.1 Å². The molecule has 0 bridgehead atoms. The number of nitrogens with zero attached hydrogens (tertiary/aromatic N) is 2. The number of carbonyl (C=O) groups excluding carboxylic acids is 1. The van der Waals surface area contributed by atoms with Crippen molar-refractivity contribution in [2.45, 2.75) is 40.3 Å². The highest BCUT2D eigenvalue weighted by atomic mass is 19.1. The normalized spacial score (nSPS) is 12.2. The number of aliphatic imine (C=N–C) groups is 1. The van der Waals surface area contributed by atoms with E-state index in [1.807, 2.05) is 52.0 Å². The first-order valence-electron chi connectivity index (χ1n) is 10.8. The van der Waals surface area contributed by atoms with Gasteiger partial charge in [-0.2, -0.15) is 0 Å². The molecule has 0 heterocycles. The number of hydrogen-bond donors (Lipinski definition) is 2. The SMILES string of the molecule is CCNC(=NCc1ccc(C(=O)N(CC)CC)cc1)NCC(C)Oc1cccc(F)c1. The second kappa shape index (κ2) is 12.6. The second-order valence-electron chi connectivity index (χ2n) is 7.14. The summed E-state index contributed by atoms with van der Waals surface area (Å²) in [5, 5.41) is 6.45. The zero-order chi connectivity index (χ0) is 22.6. The lowest BCUT2D eigenvalue weighted by molar-refractivity contribution is 0.0773. The van der Waals surface area contributed by atoms with Gasteiger partial charge in [-0.25, -0.2) is 9.38 Å². The molecule has 0 saturated carbocycles. The zero-order valence-electron chi connectivity index (χ0n) is 18.8. The van der Waals surface area contributed by atoms with E-state index in [0.29, 0.717) is 43.5 Å². The van der Waals surface area contributed by atoms with Gasteiger partial charge < -0.3 is 20.3 Å². The molecule has 0 aliphatic rings. The molecular weight excluding hydrogens is 395 g/mol. The highest BCUT2D eigenvalue weighted by molar-refractivity contribution is 5.94. The first-order chi connectivity index (χ1) is 15.0. The van der Waals surface area contributed by atoms with Gasteiger partial charge >= 0.3 is 0 Å². The number of nitrogens with one attached hydrogen (secondary N) is 2. The topological polar surface area (TPSA) is 66.0 Å². The zero-order valence-corrected chi connectivity index (χ0v) is 18.8. The minimum Gasteiger partial charge on any atom is -0.489 e. The van der Waals surface area contributed by atoms with Crippen LogP contribution in [0.5, 0.6) is 5.75 Å². The van der Waals surface area contributed by atoms with Gasteiger partial charge in [0.15, 0.2) is 5.96 Å². The number of halogens is 1. The van der Waals surface area contributed by atoms with E-state index in [2.05, 4.69) is 15.6 Å². The van der Waals surface area contributed by atoms with Crippen molar-refractivity contribution in [3.8, 4) is 5.75 Å². The van der Waals surface area contributed by atoms with Crippen LogP contribution in [0, 0.1) is 5.82 Å². The molecule has 1 atom stereocenters. The Labute approximate surface area is 184 Å². The smallest absolute Gasteiger partial charge is 0.253 e. The number of rotatable bonds is 10. The lowest BCUT2D eigenvalue weighted by Crippen LogP contribution is -2.41. The van der Waals surface area contributed by atoms with Gasteiger partial charge in [0.1, 0.15) is 17.7 Å². The predicted octanol–water partition coefficient (Wildman–Crippen LogP) is 3.83. The number of amides is 1. The maximum absolute atomic E-state index is 13.3. The fourth-order valence-corrected chi connectivity index (χ4v) is 3.01. The predicted molar refractivity (Wildman–Crippen MR) is 123 cm³/mol. The molecule has 2 aromatic rings. The molecule has 1 unspecified atom stereocenters. The molecule has 0 fully saturated rings. The van der Waals surface area contributed by atoms with Crippen molar-refractivity contribution < 1.29 is 13.9 Å². The van der Waals surface area contributed by atoms with E-state index in [1.54, 1.807) is 17.0 Å². The molecule has 0 aliphatic heterocycles. The van der Waals surface area contributed by atoms with Crippen LogP contribution in [0.3, 0.4) is 0 Å². The van der Waals surface area contributed by atoms with E-state index in [9.17, 15) is 9.18 Å². The van der Waals surface area contributed by atoms with E-state index in [-0.39, 0.29) is 17.8 Å². The Morgan fingerprint density at radius 3 is 2.42 bits per heavy atom. The van der Waals surface area contributed by atoms with E-state index in [1.165, 1.54) is 12.1 Å². The Morgan fingerprint density at radius 1 is 1.10 bits per heavy atom. The summed E-state index contributed by atoms with van der Waals surface area (Å²) in [7, 11) is 0. The monoisotopic (exact) mass is 428 g/mol. The van der Waals surface area contributed by atoms with Crippen LogP contribution in [-0.4, -0.2) is 49.0 Å². The maximum Gasteiger partial charge on any atom is 0.253 e. The molecule has 0 radical (unpaired) electrons. The van der Waals surface area contributed by atoms with Gasteiger partial charge in [0.05, 0.1) is 13.1 Å². The summed E-state index contributed by atoms with van der Waals surface area (Å²) < 4.78 is 19.0. The molecule has 168 valence electrons. The van der Waals surface area contributed by atoms with Crippen LogP contribution in [0.2, 0.25) is 0 Å². The summed E-state index contributed by atoms with van der Waals surface area (Å²) in [6, 6.07) is 13.7. The van der Waals surface area contributed by atoms with E-state index in [4.69, 9.17) is 4.74 Å². The minimum absolute atomic E-state index is 0.0438. The molecule has 2 rings (SSSR count). The number of carbonyl (C=O) groups is 1. The highest BCUT2D eigenvalue weighted by Crippen LogP contribution is 2.13. The molecule has 2 N–H and O–H groups in total. The third-order valence-electron chi connectivity index (χ3n) is 4.71. The third-order valence-corrected chi connectivity index (χ3v) is 4.71. The summed E-state index contributed by atoms with van der Waals surface area (Å²) in [6.07, 6.45) is -0.170. The number of benzene rings is 2. The van der Waals surface area contributed by atoms with Crippen LogP contribution < -0.4 is 15.4 Å². The molecule has 6 nitrogen and oxygen atoms in total. The van der Waals surface area contributed by atoms with Crippen LogP contribution in [0.15, 0.2) is 53.5 Å². The van der Waals surface area contributed by atoms with Crippen LogP contribution in [-0.2, 0) is 6.54 Å². The molecule has 2 aromatic carbocycles. The van der Waals surface area contributed by atoms with Gasteiger partial charge in [-0.05, 0) is 57.5 Å². The van der Waals surface area contributed by atoms with E-state index < -0.39 is 0 Å². The average Bonchev–Trinajstić information content (AvgIpc) is 2.77. The quantitative estimate of drug-likeness (QED) is 0.446. The molecule has 0 spiro atoms. The molecular formula is C24H33FN4O2. The lowest BCUT2D eigenvalue weighted by Gasteiger charge is -2.18. The second-order valence-corrected chi connectivity index (χ2v) is 7.14. The van der Waals surface area contributed by atoms with Gasteiger partial charge in [-0.1, -0.05) is 18.2 Å². The largest absolute Gasteiger partial charge is 0.489 e. The summed E-state index contributed by atoms with van der Waals surface area (Å²) in [5.41, 5.74) is 1.70. The van der Waals surface area contributed by atoms with Crippen LogP contribution in [0.1, 0.15) is 43.6 Å². The van der Waals surface area contributed by atoms with Crippen molar-refractivity contribution in [1.29, 1.82) is 0 Å². The van der Waals surface area contributed by atoms with Crippen molar-refractivity contribution in [2.24, 2.45) is 4.99 Å². The summed E-state index contributed by atoms with van der Waals surface area (Å²) >= 11 is 0. The van der Waals surface area contributed by atoms with Crippen LogP contribution in [0.4, 0.5) is 4.39 Å². The molecule has 0 aliphatic carbocycles.